The second-order valence-electron chi connectivity index (χ2n) is 6.09. The van der Waals surface area contributed by atoms with Crippen LogP contribution in [0.3, 0.4) is 0 Å². The number of methoxy groups -OCH3 is 2. The molecular formula is C18H22N4O4S. The predicted molar refractivity (Wildman–Crippen MR) is 101 cm³/mol. The molecule has 0 radical (unpaired) electrons. The first-order valence-electron chi connectivity index (χ1n) is 8.41. The van der Waals surface area contributed by atoms with Gasteiger partial charge in [0.05, 0.1) is 24.7 Å². The van der Waals surface area contributed by atoms with Crippen molar-refractivity contribution in [3.05, 3.63) is 48.5 Å². The second kappa shape index (κ2) is 8.03. The first kappa shape index (κ1) is 19.3. The maximum absolute atomic E-state index is 12.8. The van der Waals surface area contributed by atoms with Crippen molar-refractivity contribution in [2.75, 3.05) is 20.8 Å². The Balaban J connectivity index is 1.84. The lowest BCUT2D eigenvalue weighted by Gasteiger charge is -2.15. The number of sulfonamides is 1. The van der Waals surface area contributed by atoms with Crippen molar-refractivity contribution in [3.63, 3.8) is 0 Å². The Bertz CT molecular complexity index is 1030. The number of aromatic nitrogens is 3. The largest absolute Gasteiger partial charge is 0.497 e. The molecule has 27 heavy (non-hydrogen) atoms. The molecule has 144 valence electrons. The lowest BCUT2D eigenvalue weighted by molar-refractivity contribution is 0.185. The fourth-order valence-corrected chi connectivity index (χ4v) is 4.05. The highest BCUT2D eigenvalue weighted by atomic mass is 32.2. The van der Waals surface area contributed by atoms with Gasteiger partial charge in [-0.3, -0.25) is 0 Å². The Labute approximate surface area is 158 Å². The number of ether oxygens (including phenoxy) is 2. The van der Waals surface area contributed by atoms with E-state index in [-0.39, 0.29) is 4.90 Å². The van der Waals surface area contributed by atoms with Gasteiger partial charge in [-0.1, -0.05) is 12.1 Å². The minimum Gasteiger partial charge on any atom is -0.497 e. The molecule has 0 aliphatic rings. The Kier molecular flexibility index (Phi) is 5.73. The van der Waals surface area contributed by atoms with Crippen molar-refractivity contribution in [1.29, 1.82) is 0 Å². The molecule has 0 saturated heterocycles. The SMILES string of the molecule is COCCn1cnnc1[C@@H](C)NS(=O)(=O)c1ccc2cc(OC)ccc2c1. The average Bonchev–Trinajstić information content (AvgIpc) is 3.13. The molecule has 0 amide bonds. The summed E-state index contributed by atoms with van der Waals surface area (Å²) in [5.41, 5.74) is 0. The zero-order valence-electron chi connectivity index (χ0n) is 15.4. The normalized spacial score (nSPS) is 13.0. The van der Waals surface area contributed by atoms with Crippen LogP contribution in [0.4, 0.5) is 0 Å². The highest BCUT2D eigenvalue weighted by Crippen LogP contribution is 2.24. The van der Waals surface area contributed by atoms with Gasteiger partial charge in [0.25, 0.3) is 0 Å². The van der Waals surface area contributed by atoms with Gasteiger partial charge in [-0.15, -0.1) is 10.2 Å². The van der Waals surface area contributed by atoms with E-state index in [1.54, 1.807) is 56.3 Å². The number of nitrogens with zero attached hydrogens (tertiary/aromatic N) is 3. The summed E-state index contributed by atoms with van der Waals surface area (Å²) < 4.78 is 40.3. The van der Waals surface area contributed by atoms with Crippen LogP contribution in [-0.2, 0) is 21.3 Å². The molecule has 8 nitrogen and oxygen atoms in total. The van der Waals surface area contributed by atoms with E-state index in [1.807, 2.05) is 12.1 Å². The van der Waals surface area contributed by atoms with Gasteiger partial charge in [0.2, 0.25) is 10.0 Å². The highest BCUT2D eigenvalue weighted by molar-refractivity contribution is 7.89. The number of nitrogens with one attached hydrogen (secondary N) is 1. The number of hydrogen-bond donors (Lipinski definition) is 1. The zero-order valence-corrected chi connectivity index (χ0v) is 16.2. The van der Waals surface area contributed by atoms with Gasteiger partial charge in [-0.05, 0) is 42.0 Å². The molecular weight excluding hydrogens is 368 g/mol. The summed E-state index contributed by atoms with van der Waals surface area (Å²) in [4.78, 5) is 0.190. The van der Waals surface area contributed by atoms with Crippen LogP contribution in [0.5, 0.6) is 5.75 Å². The molecule has 0 aliphatic carbocycles. The number of benzene rings is 2. The third-order valence-corrected chi connectivity index (χ3v) is 5.77. The summed E-state index contributed by atoms with van der Waals surface area (Å²) in [5, 5.41) is 9.62. The number of hydrogen-bond acceptors (Lipinski definition) is 6. The summed E-state index contributed by atoms with van der Waals surface area (Å²) in [6.07, 6.45) is 1.56. The second-order valence-corrected chi connectivity index (χ2v) is 7.81. The predicted octanol–water partition coefficient (Wildman–Crippen LogP) is 2.13. The molecule has 1 heterocycles. The molecule has 1 aromatic heterocycles. The van der Waals surface area contributed by atoms with Crippen molar-refractivity contribution in [1.82, 2.24) is 19.5 Å². The van der Waals surface area contributed by atoms with E-state index in [4.69, 9.17) is 9.47 Å². The maximum Gasteiger partial charge on any atom is 0.241 e. The van der Waals surface area contributed by atoms with Crippen LogP contribution in [0.1, 0.15) is 18.8 Å². The summed E-state index contributed by atoms with van der Waals surface area (Å²) in [5.74, 6) is 1.25. The van der Waals surface area contributed by atoms with Crippen LogP contribution in [-0.4, -0.2) is 44.0 Å². The van der Waals surface area contributed by atoms with Crippen LogP contribution in [0.2, 0.25) is 0 Å². The maximum atomic E-state index is 12.8. The third-order valence-electron chi connectivity index (χ3n) is 4.23. The summed E-state index contributed by atoms with van der Waals surface area (Å²) in [7, 11) is -0.527. The van der Waals surface area contributed by atoms with Crippen LogP contribution >= 0.6 is 0 Å². The van der Waals surface area contributed by atoms with Gasteiger partial charge in [0.15, 0.2) is 5.82 Å². The van der Waals surface area contributed by atoms with E-state index >= 15 is 0 Å². The van der Waals surface area contributed by atoms with Crippen molar-refractivity contribution in [3.8, 4) is 5.75 Å². The van der Waals surface area contributed by atoms with E-state index in [9.17, 15) is 8.42 Å². The molecule has 1 N–H and O–H groups in total. The van der Waals surface area contributed by atoms with Crippen LogP contribution in [0.15, 0.2) is 47.6 Å². The zero-order chi connectivity index (χ0) is 19.4. The van der Waals surface area contributed by atoms with Crippen molar-refractivity contribution in [2.24, 2.45) is 0 Å². The third kappa shape index (κ3) is 4.26. The number of rotatable bonds is 8. The van der Waals surface area contributed by atoms with E-state index in [0.717, 1.165) is 16.5 Å². The van der Waals surface area contributed by atoms with Gasteiger partial charge < -0.3 is 14.0 Å². The molecule has 3 rings (SSSR count). The molecule has 3 aromatic rings. The molecule has 1 atom stereocenters. The Morgan fingerprint density at radius 3 is 2.63 bits per heavy atom. The molecule has 0 bridgehead atoms. The Morgan fingerprint density at radius 2 is 1.89 bits per heavy atom. The first-order chi connectivity index (χ1) is 12.9. The molecule has 0 spiro atoms. The van der Waals surface area contributed by atoms with E-state index in [1.165, 1.54) is 0 Å². The van der Waals surface area contributed by atoms with Crippen molar-refractivity contribution in [2.45, 2.75) is 24.4 Å². The first-order valence-corrected chi connectivity index (χ1v) is 9.89. The summed E-state index contributed by atoms with van der Waals surface area (Å²) in [6.45, 7) is 2.76. The number of fused-ring (bicyclic) bond motifs is 1. The highest BCUT2D eigenvalue weighted by Gasteiger charge is 2.22. The van der Waals surface area contributed by atoms with Gasteiger partial charge in [0.1, 0.15) is 12.1 Å². The average molecular weight is 390 g/mol. The van der Waals surface area contributed by atoms with Crippen molar-refractivity contribution < 1.29 is 17.9 Å². The molecule has 0 fully saturated rings. The standard InChI is InChI=1S/C18H22N4O4S/c1-13(18-20-19-12-22(18)8-9-25-2)21-27(23,24)17-7-5-14-10-16(26-3)6-4-15(14)11-17/h4-7,10-13,21H,8-9H2,1-3H3/t13-/m1/s1. The van der Waals surface area contributed by atoms with Crippen LogP contribution in [0.25, 0.3) is 10.8 Å². The monoisotopic (exact) mass is 390 g/mol. The fourth-order valence-electron chi connectivity index (χ4n) is 2.81. The van der Waals surface area contributed by atoms with Gasteiger partial charge >= 0.3 is 0 Å². The topological polar surface area (TPSA) is 95.3 Å². The van der Waals surface area contributed by atoms with Gasteiger partial charge in [-0.25, -0.2) is 13.1 Å². The fraction of sp³-hybridized carbons (Fsp3) is 0.333. The smallest absolute Gasteiger partial charge is 0.241 e. The Morgan fingerprint density at radius 1 is 1.15 bits per heavy atom. The minimum atomic E-state index is -3.72. The van der Waals surface area contributed by atoms with E-state index in [2.05, 4.69) is 14.9 Å². The lowest BCUT2D eigenvalue weighted by atomic mass is 10.1. The van der Waals surface area contributed by atoms with Crippen LogP contribution in [0, 0.1) is 0 Å². The lowest BCUT2D eigenvalue weighted by Crippen LogP contribution is -2.29. The van der Waals surface area contributed by atoms with Gasteiger partial charge in [0, 0.05) is 13.7 Å². The molecule has 0 saturated carbocycles. The van der Waals surface area contributed by atoms with E-state index in [0.29, 0.717) is 19.0 Å². The minimum absolute atomic E-state index is 0.190. The van der Waals surface area contributed by atoms with Crippen LogP contribution < -0.4 is 9.46 Å². The molecule has 9 heteroatoms. The van der Waals surface area contributed by atoms with Gasteiger partial charge in [-0.2, -0.15) is 0 Å². The molecule has 2 aromatic carbocycles. The summed E-state index contributed by atoms with van der Waals surface area (Å²) in [6, 6.07) is 9.93. The summed E-state index contributed by atoms with van der Waals surface area (Å²) >= 11 is 0. The Hall–Kier alpha value is -2.49. The van der Waals surface area contributed by atoms with E-state index < -0.39 is 16.1 Å². The van der Waals surface area contributed by atoms with Crippen molar-refractivity contribution >= 4 is 20.8 Å². The molecule has 0 aliphatic heterocycles. The molecule has 0 unspecified atom stereocenters. The quantitative estimate of drug-likeness (QED) is 0.633.